The van der Waals surface area contributed by atoms with Gasteiger partial charge in [0.05, 0.1) is 6.10 Å². The van der Waals surface area contributed by atoms with Crippen LogP contribution in [0.5, 0.6) is 0 Å². The van der Waals surface area contributed by atoms with Gasteiger partial charge in [-0.05, 0) is 24.5 Å². The molecule has 1 saturated carbocycles. The lowest BCUT2D eigenvalue weighted by atomic mass is 9.95. The maximum Gasteiger partial charge on any atom is 0.194 e. The first kappa shape index (κ1) is 10.5. The number of halogens is 3. The molecule has 0 aliphatic heterocycles. The zero-order valence-electron chi connectivity index (χ0n) is 8.01. The first-order chi connectivity index (χ1) is 7.11. The van der Waals surface area contributed by atoms with Crippen LogP contribution < -0.4 is 0 Å². The Kier molecular flexibility index (Phi) is 2.69. The maximum atomic E-state index is 13.4. The van der Waals surface area contributed by atoms with E-state index in [1.807, 2.05) is 0 Å². The number of benzene rings is 1. The van der Waals surface area contributed by atoms with Crippen LogP contribution in [-0.2, 0) is 0 Å². The van der Waals surface area contributed by atoms with Gasteiger partial charge in [-0.1, -0.05) is 12.5 Å². The average Bonchev–Trinajstić information content (AvgIpc) is 2.62. The molecule has 1 aromatic carbocycles. The van der Waals surface area contributed by atoms with Crippen molar-refractivity contribution < 1.29 is 18.3 Å². The lowest BCUT2D eigenvalue weighted by molar-refractivity contribution is 0.161. The van der Waals surface area contributed by atoms with Gasteiger partial charge >= 0.3 is 0 Å². The van der Waals surface area contributed by atoms with E-state index in [-0.39, 0.29) is 5.56 Å². The van der Waals surface area contributed by atoms with Crippen molar-refractivity contribution in [3.05, 3.63) is 35.1 Å². The van der Waals surface area contributed by atoms with Crippen LogP contribution in [0.25, 0.3) is 0 Å². The molecule has 0 saturated heterocycles. The molecule has 2 atom stereocenters. The Morgan fingerprint density at radius 2 is 1.80 bits per heavy atom. The van der Waals surface area contributed by atoms with E-state index in [9.17, 15) is 18.3 Å². The zero-order valence-corrected chi connectivity index (χ0v) is 8.01. The van der Waals surface area contributed by atoms with Crippen molar-refractivity contribution in [3.63, 3.8) is 0 Å². The third-order valence-corrected chi connectivity index (χ3v) is 2.94. The number of hydrogen-bond acceptors (Lipinski definition) is 1. The van der Waals surface area contributed by atoms with Gasteiger partial charge in [-0.15, -0.1) is 0 Å². The molecular weight excluding hydrogens is 205 g/mol. The van der Waals surface area contributed by atoms with Crippen molar-refractivity contribution in [2.24, 2.45) is 0 Å². The predicted molar refractivity (Wildman–Crippen MR) is 48.9 cm³/mol. The molecule has 1 N–H and O–H groups in total. The van der Waals surface area contributed by atoms with E-state index < -0.39 is 29.5 Å². The summed E-state index contributed by atoms with van der Waals surface area (Å²) in [4.78, 5) is 0. The zero-order chi connectivity index (χ0) is 11.0. The van der Waals surface area contributed by atoms with Gasteiger partial charge in [0.15, 0.2) is 17.5 Å². The average molecular weight is 216 g/mol. The fourth-order valence-corrected chi connectivity index (χ4v) is 2.13. The van der Waals surface area contributed by atoms with Crippen molar-refractivity contribution in [1.29, 1.82) is 0 Å². The first-order valence-corrected chi connectivity index (χ1v) is 4.92. The molecular formula is C11H11F3O. The van der Waals surface area contributed by atoms with Crippen LogP contribution in [-0.4, -0.2) is 11.2 Å². The predicted octanol–water partition coefficient (Wildman–Crippen LogP) is 2.73. The van der Waals surface area contributed by atoms with Crippen molar-refractivity contribution in [2.75, 3.05) is 0 Å². The Morgan fingerprint density at radius 3 is 2.40 bits per heavy atom. The van der Waals surface area contributed by atoms with Crippen molar-refractivity contribution >= 4 is 0 Å². The second-order valence-electron chi connectivity index (χ2n) is 3.87. The second kappa shape index (κ2) is 3.85. The molecule has 0 spiro atoms. The highest BCUT2D eigenvalue weighted by Crippen LogP contribution is 2.36. The second-order valence-corrected chi connectivity index (χ2v) is 3.87. The van der Waals surface area contributed by atoms with Gasteiger partial charge in [0, 0.05) is 5.92 Å². The Labute approximate surface area is 85.5 Å². The molecule has 82 valence electrons. The van der Waals surface area contributed by atoms with Crippen LogP contribution in [0.1, 0.15) is 30.7 Å². The molecule has 1 aliphatic rings. The summed E-state index contributed by atoms with van der Waals surface area (Å²) in [6.45, 7) is 0. The van der Waals surface area contributed by atoms with Gasteiger partial charge in [0.1, 0.15) is 0 Å². The van der Waals surface area contributed by atoms with E-state index in [1.165, 1.54) is 6.07 Å². The molecule has 4 heteroatoms. The highest BCUT2D eigenvalue weighted by molar-refractivity contribution is 5.26. The molecule has 0 radical (unpaired) electrons. The molecule has 2 unspecified atom stereocenters. The summed E-state index contributed by atoms with van der Waals surface area (Å²) in [5, 5.41) is 9.54. The monoisotopic (exact) mass is 216 g/mol. The number of aliphatic hydroxyl groups is 1. The van der Waals surface area contributed by atoms with Crippen LogP contribution in [0.4, 0.5) is 13.2 Å². The third kappa shape index (κ3) is 1.74. The Hall–Kier alpha value is -1.03. The highest BCUT2D eigenvalue weighted by Gasteiger charge is 2.30. The molecule has 1 nitrogen and oxygen atoms in total. The first-order valence-electron chi connectivity index (χ1n) is 4.92. The summed E-state index contributed by atoms with van der Waals surface area (Å²) in [6, 6.07) is 2.12. The van der Waals surface area contributed by atoms with Crippen molar-refractivity contribution in [3.8, 4) is 0 Å². The standard InChI is InChI=1S/C11H11F3O/c12-8-5-4-7(10(13)11(8)14)6-2-1-3-9(6)15/h4-6,9,15H,1-3H2. The number of rotatable bonds is 1. The van der Waals surface area contributed by atoms with Crippen molar-refractivity contribution in [2.45, 2.75) is 31.3 Å². The SMILES string of the molecule is OC1CCCC1c1ccc(F)c(F)c1F. The van der Waals surface area contributed by atoms with E-state index in [2.05, 4.69) is 0 Å². The molecule has 0 heterocycles. The van der Waals surface area contributed by atoms with Gasteiger partial charge in [0.2, 0.25) is 0 Å². The summed E-state index contributed by atoms with van der Waals surface area (Å²) in [7, 11) is 0. The van der Waals surface area contributed by atoms with Crippen molar-refractivity contribution in [1.82, 2.24) is 0 Å². The van der Waals surface area contributed by atoms with Gasteiger partial charge in [-0.3, -0.25) is 0 Å². The summed E-state index contributed by atoms with van der Waals surface area (Å²) < 4.78 is 39.0. The summed E-state index contributed by atoms with van der Waals surface area (Å²) >= 11 is 0. The summed E-state index contributed by atoms with van der Waals surface area (Å²) in [6.07, 6.45) is 1.33. The van der Waals surface area contributed by atoms with E-state index >= 15 is 0 Å². The van der Waals surface area contributed by atoms with E-state index in [0.29, 0.717) is 12.8 Å². The topological polar surface area (TPSA) is 20.2 Å². The lowest BCUT2D eigenvalue weighted by Crippen LogP contribution is -2.13. The van der Waals surface area contributed by atoms with Gasteiger partial charge in [-0.25, -0.2) is 13.2 Å². The molecule has 2 rings (SSSR count). The van der Waals surface area contributed by atoms with Crippen LogP contribution in [0.15, 0.2) is 12.1 Å². The molecule has 0 amide bonds. The normalized spacial score (nSPS) is 25.9. The highest BCUT2D eigenvalue weighted by atomic mass is 19.2. The smallest absolute Gasteiger partial charge is 0.194 e. The van der Waals surface area contributed by atoms with E-state index in [1.54, 1.807) is 0 Å². The maximum absolute atomic E-state index is 13.4. The Balaban J connectivity index is 2.40. The summed E-state index contributed by atoms with van der Waals surface area (Å²) in [5.74, 6) is -4.21. The number of hydrogen-bond donors (Lipinski definition) is 1. The molecule has 15 heavy (non-hydrogen) atoms. The van der Waals surface area contributed by atoms with Gasteiger partial charge in [-0.2, -0.15) is 0 Å². The molecule has 0 bridgehead atoms. The minimum Gasteiger partial charge on any atom is -0.392 e. The van der Waals surface area contributed by atoms with Crippen LogP contribution >= 0.6 is 0 Å². The Bertz CT molecular complexity index is 378. The number of aliphatic hydroxyl groups excluding tert-OH is 1. The van der Waals surface area contributed by atoms with E-state index in [0.717, 1.165) is 12.5 Å². The van der Waals surface area contributed by atoms with Gasteiger partial charge in [0.25, 0.3) is 0 Å². The van der Waals surface area contributed by atoms with Gasteiger partial charge < -0.3 is 5.11 Å². The fourth-order valence-electron chi connectivity index (χ4n) is 2.13. The Morgan fingerprint density at radius 1 is 1.07 bits per heavy atom. The quantitative estimate of drug-likeness (QED) is 0.715. The lowest BCUT2D eigenvalue weighted by Gasteiger charge is -2.15. The molecule has 1 aliphatic carbocycles. The largest absolute Gasteiger partial charge is 0.392 e. The van der Waals surface area contributed by atoms with Crippen LogP contribution in [0, 0.1) is 17.5 Å². The van der Waals surface area contributed by atoms with Crippen LogP contribution in [0.2, 0.25) is 0 Å². The summed E-state index contributed by atoms with van der Waals surface area (Å²) in [5.41, 5.74) is 0.0823. The molecule has 1 aromatic rings. The third-order valence-electron chi connectivity index (χ3n) is 2.94. The molecule has 1 fully saturated rings. The van der Waals surface area contributed by atoms with Crippen LogP contribution in [0.3, 0.4) is 0 Å². The molecule has 0 aromatic heterocycles. The fraction of sp³-hybridized carbons (Fsp3) is 0.455. The minimum absolute atomic E-state index is 0.0823. The minimum atomic E-state index is -1.45. The van der Waals surface area contributed by atoms with E-state index in [4.69, 9.17) is 0 Å².